The van der Waals surface area contributed by atoms with Crippen LogP contribution in [0.15, 0.2) is 24.3 Å². The molecule has 0 aliphatic rings. The zero-order chi connectivity index (χ0) is 23.3. The molecule has 3 rings (SSSR count). The number of benzene rings is 2. The Hall–Kier alpha value is -2.91. The number of aromatic nitrogens is 1. The second-order valence-corrected chi connectivity index (χ2v) is 8.31. The number of aryl methyl sites for hydroxylation is 2. The van der Waals surface area contributed by atoms with Gasteiger partial charge in [-0.15, -0.1) is 0 Å². The van der Waals surface area contributed by atoms with Crippen molar-refractivity contribution in [1.29, 1.82) is 0 Å². The Bertz CT molecular complexity index is 1080. The summed E-state index contributed by atoms with van der Waals surface area (Å²) < 4.78 is 18.1. The highest BCUT2D eigenvalue weighted by Gasteiger charge is 2.19. The van der Waals surface area contributed by atoms with E-state index in [9.17, 15) is 4.79 Å². The van der Waals surface area contributed by atoms with Gasteiger partial charge >= 0.3 is 0 Å². The summed E-state index contributed by atoms with van der Waals surface area (Å²) in [5.74, 6) is 0.984. The Kier molecular flexibility index (Phi) is 7.87. The van der Waals surface area contributed by atoms with Crippen molar-refractivity contribution in [3.05, 3.63) is 41.0 Å². The van der Waals surface area contributed by atoms with Gasteiger partial charge in [-0.2, -0.15) is 0 Å². The lowest BCUT2D eigenvalue weighted by Crippen LogP contribution is -2.34. The number of hydrogen-bond acceptors (Lipinski definition) is 7. The number of fused-ring (bicyclic) bond motifs is 1. The van der Waals surface area contributed by atoms with Crippen molar-refractivity contribution in [2.24, 2.45) is 0 Å². The van der Waals surface area contributed by atoms with Crippen LogP contribution in [0, 0.1) is 13.8 Å². The molecule has 1 amide bonds. The lowest BCUT2D eigenvalue weighted by molar-refractivity contribution is 0.0976. The minimum absolute atomic E-state index is 0.161. The van der Waals surface area contributed by atoms with Crippen molar-refractivity contribution in [1.82, 2.24) is 10.3 Å². The average molecular weight is 474 g/mol. The summed E-state index contributed by atoms with van der Waals surface area (Å²) >= 11 is 6.85. The zero-order valence-corrected chi connectivity index (χ0v) is 20.5. The van der Waals surface area contributed by atoms with Gasteiger partial charge in [0.15, 0.2) is 21.7 Å². The first-order chi connectivity index (χ1) is 15.4. The Morgan fingerprint density at radius 1 is 1.00 bits per heavy atom. The Morgan fingerprint density at radius 2 is 1.59 bits per heavy atom. The molecular weight excluding hydrogens is 446 g/mol. The average Bonchev–Trinajstić information content (AvgIpc) is 3.18. The van der Waals surface area contributed by atoms with E-state index in [0.717, 1.165) is 21.3 Å². The number of anilines is 1. The van der Waals surface area contributed by atoms with Crippen LogP contribution in [0.5, 0.6) is 17.2 Å². The van der Waals surface area contributed by atoms with Gasteiger partial charge in [0.1, 0.15) is 0 Å². The summed E-state index contributed by atoms with van der Waals surface area (Å²) in [6.45, 7) is 11.0. The van der Waals surface area contributed by atoms with E-state index in [1.54, 1.807) is 12.1 Å². The van der Waals surface area contributed by atoms with Crippen LogP contribution in [0.1, 0.15) is 42.3 Å². The quantitative estimate of drug-likeness (QED) is 0.433. The molecule has 0 radical (unpaired) electrons. The van der Waals surface area contributed by atoms with Crippen molar-refractivity contribution < 1.29 is 19.0 Å². The molecule has 0 bridgehead atoms. The molecule has 0 saturated heterocycles. The van der Waals surface area contributed by atoms with Crippen LogP contribution < -0.4 is 24.8 Å². The molecule has 1 heterocycles. The highest BCUT2D eigenvalue weighted by molar-refractivity contribution is 7.80. The molecule has 1 aromatic heterocycles. The highest BCUT2D eigenvalue weighted by Crippen LogP contribution is 2.39. The number of rotatable bonds is 8. The SMILES string of the molecule is CCOc1cc(C(=O)NC(=S)Nc2nc3c(C)ccc(C)c3s2)cc(OCC)c1OCC. The van der Waals surface area contributed by atoms with E-state index in [-0.39, 0.29) is 11.0 Å². The maximum Gasteiger partial charge on any atom is 0.257 e. The van der Waals surface area contributed by atoms with Gasteiger partial charge in [0, 0.05) is 5.56 Å². The Labute approximate surface area is 197 Å². The van der Waals surface area contributed by atoms with Crippen LogP contribution >= 0.6 is 23.6 Å². The number of thiocarbonyl (C=S) groups is 1. The van der Waals surface area contributed by atoms with Crippen LogP contribution in [-0.2, 0) is 0 Å². The van der Waals surface area contributed by atoms with Gasteiger partial charge in [-0.1, -0.05) is 23.5 Å². The third-order valence-electron chi connectivity index (χ3n) is 4.56. The number of nitrogens with one attached hydrogen (secondary N) is 2. The van der Waals surface area contributed by atoms with Crippen LogP contribution in [0.2, 0.25) is 0 Å². The smallest absolute Gasteiger partial charge is 0.257 e. The number of carbonyl (C=O) groups excluding carboxylic acids is 1. The first-order valence-corrected chi connectivity index (χ1v) is 11.7. The minimum Gasteiger partial charge on any atom is -0.490 e. The first-order valence-electron chi connectivity index (χ1n) is 10.4. The highest BCUT2D eigenvalue weighted by atomic mass is 32.1. The largest absolute Gasteiger partial charge is 0.490 e. The van der Waals surface area contributed by atoms with E-state index >= 15 is 0 Å². The molecule has 7 nitrogen and oxygen atoms in total. The fourth-order valence-corrected chi connectivity index (χ4v) is 4.41. The number of carbonyl (C=O) groups is 1. The number of nitrogens with zero attached hydrogens (tertiary/aromatic N) is 1. The molecule has 0 fully saturated rings. The Balaban J connectivity index is 1.80. The van der Waals surface area contributed by atoms with Crippen LogP contribution in [0.4, 0.5) is 5.13 Å². The minimum atomic E-state index is -0.388. The van der Waals surface area contributed by atoms with E-state index in [2.05, 4.69) is 21.7 Å². The van der Waals surface area contributed by atoms with Crippen molar-refractivity contribution >= 4 is 49.9 Å². The van der Waals surface area contributed by atoms with E-state index in [1.807, 2.05) is 40.7 Å². The van der Waals surface area contributed by atoms with Crippen LogP contribution in [0.3, 0.4) is 0 Å². The fraction of sp³-hybridized carbons (Fsp3) is 0.348. The molecule has 0 unspecified atom stereocenters. The van der Waals surface area contributed by atoms with Gasteiger partial charge in [-0.25, -0.2) is 4.98 Å². The van der Waals surface area contributed by atoms with Gasteiger partial charge in [0.2, 0.25) is 5.75 Å². The predicted octanol–water partition coefficient (Wildman–Crippen LogP) is 5.24. The molecule has 0 aliphatic carbocycles. The topological polar surface area (TPSA) is 81.7 Å². The van der Waals surface area contributed by atoms with Gasteiger partial charge in [0.25, 0.3) is 5.91 Å². The number of hydrogen-bond donors (Lipinski definition) is 2. The summed E-state index contributed by atoms with van der Waals surface area (Å²) in [6, 6.07) is 7.36. The van der Waals surface area contributed by atoms with Gasteiger partial charge in [0.05, 0.1) is 30.0 Å². The maximum absolute atomic E-state index is 12.9. The van der Waals surface area contributed by atoms with E-state index in [0.29, 0.717) is 47.8 Å². The molecule has 170 valence electrons. The third-order valence-corrected chi connectivity index (χ3v) is 5.87. The van der Waals surface area contributed by atoms with E-state index in [1.165, 1.54) is 11.3 Å². The fourth-order valence-electron chi connectivity index (χ4n) is 3.14. The third kappa shape index (κ3) is 5.28. The number of thiazole rings is 1. The lowest BCUT2D eigenvalue weighted by atomic mass is 10.1. The number of ether oxygens (including phenoxy) is 3. The molecule has 0 atom stereocenters. The molecule has 3 aromatic rings. The molecule has 32 heavy (non-hydrogen) atoms. The van der Waals surface area contributed by atoms with E-state index in [4.69, 9.17) is 26.4 Å². The summed E-state index contributed by atoms with van der Waals surface area (Å²) in [5.41, 5.74) is 3.51. The molecule has 2 aromatic carbocycles. The molecule has 2 N–H and O–H groups in total. The van der Waals surface area contributed by atoms with Crippen molar-refractivity contribution in [3.63, 3.8) is 0 Å². The number of amides is 1. The molecule has 0 saturated carbocycles. The van der Waals surface area contributed by atoms with Crippen LogP contribution in [-0.4, -0.2) is 35.8 Å². The predicted molar refractivity (Wildman–Crippen MR) is 133 cm³/mol. The van der Waals surface area contributed by atoms with Gasteiger partial charge < -0.3 is 19.5 Å². The second-order valence-electron chi connectivity index (χ2n) is 6.91. The molecule has 0 spiro atoms. The zero-order valence-electron chi connectivity index (χ0n) is 18.8. The maximum atomic E-state index is 12.9. The summed E-state index contributed by atoms with van der Waals surface area (Å²) in [6.07, 6.45) is 0. The summed E-state index contributed by atoms with van der Waals surface area (Å²) in [7, 11) is 0. The van der Waals surface area contributed by atoms with Crippen LogP contribution in [0.25, 0.3) is 10.2 Å². The standard InChI is InChI=1S/C23H27N3O4S2/c1-6-28-16-11-15(12-17(29-7-2)19(16)30-8-3)21(27)25-22(31)26-23-24-18-13(4)9-10-14(5)20(18)32-23/h9-12H,6-8H2,1-5H3,(H2,24,25,26,27,31). The molecular formula is C23H27N3O4S2. The molecule has 0 aliphatic heterocycles. The second kappa shape index (κ2) is 10.6. The molecule has 9 heteroatoms. The monoisotopic (exact) mass is 473 g/mol. The van der Waals surface area contributed by atoms with E-state index < -0.39 is 0 Å². The first kappa shape index (κ1) is 23.7. The summed E-state index contributed by atoms with van der Waals surface area (Å²) in [4.78, 5) is 17.5. The summed E-state index contributed by atoms with van der Waals surface area (Å²) in [5, 5.41) is 6.51. The lowest BCUT2D eigenvalue weighted by Gasteiger charge is -2.17. The van der Waals surface area contributed by atoms with Crippen molar-refractivity contribution in [3.8, 4) is 17.2 Å². The normalized spacial score (nSPS) is 10.7. The van der Waals surface area contributed by atoms with Crippen molar-refractivity contribution in [2.45, 2.75) is 34.6 Å². The van der Waals surface area contributed by atoms with Gasteiger partial charge in [-0.05, 0) is 70.1 Å². The van der Waals surface area contributed by atoms with Crippen molar-refractivity contribution in [2.75, 3.05) is 25.1 Å². The van der Waals surface area contributed by atoms with Gasteiger partial charge in [-0.3, -0.25) is 10.1 Å². The Morgan fingerprint density at radius 3 is 2.16 bits per heavy atom.